The fourth-order valence-corrected chi connectivity index (χ4v) is 1.51. The number of carbonyl (C=O) groups excluding carboxylic acids is 1. The summed E-state index contributed by atoms with van der Waals surface area (Å²) < 4.78 is 15.5. The summed E-state index contributed by atoms with van der Waals surface area (Å²) in [7, 11) is 3.21. The van der Waals surface area contributed by atoms with Crippen molar-refractivity contribution in [1.29, 1.82) is 0 Å². The van der Waals surface area contributed by atoms with Crippen LogP contribution in [0.3, 0.4) is 0 Å². The Kier molecular flexibility index (Phi) is 6.39. The molecule has 0 aliphatic heterocycles. The first-order valence-electron chi connectivity index (χ1n) is 5.95. The maximum Gasteiger partial charge on any atom is 0.169 e. The molecular formula is C14H20O4. The lowest BCUT2D eigenvalue weighted by atomic mass is 10.0. The van der Waals surface area contributed by atoms with Crippen LogP contribution in [0, 0.1) is 0 Å². The van der Waals surface area contributed by atoms with E-state index in [1.807, 2.05) is 19.1 Å². The summed E-state index contributed by atoms with van der Waals surface area (Å²) in [6.45, 7) is 2.80. The SMILES string of the molecule is COCCOc1ccccc1C(=O)CC(C)OC. The molecule has 1 atom stereocenters. The quantitative estimate of drug-likeness (QED) is 0.526. The van der Waals surface area contributed by atoms with Crippen LogP contribution in [-0.4, -0.2) is 39.3 Å². The predicted molar refractivity (Wildman–Crippen MR) is 69.2 cm³/mol. The number of rotatable bonds is 8. The number of hydrogen-bond acceptors (Lipinski definition) is 4. The van der Waals surface area contributed by atoms with E-state index in [4.69, 9.17) is 14.2 Å². The van der Waals surface area contributed by atoms with Crippen LogP contribution in [0.15, 0.2) is 24.3 Å². The Hall–Kier alpha value is -1.39. The van der Waals surface area contributed by atoms with Crippen LogP contribution in [0.5, 0.6) is 5.75 Å². The number of carbonyl (C=O) groups is 1. The topological polar surface area (TPSA) is 44.8 Å². The first kappa shape index (κ1) is 14.7. The summed E-state index contributed by atoms with van der Waals surface area (Å²) >= 11 is 0. The Morgan fingerprint density at radius 3 is 2.61 bits per heavy atom. The summed E-state index contributed by atoms with van der Waals surface area (Å²) in [5, 5.41) is 0. The maximum atomic E-state index is 12.1. The van der Waals surface area contributed by atoms with E-state index >= 15 is 0 Å². The highest BCUT2D eigenvalue weighted by molar-refractivity contribution is 5.98. The van der Waals surface area contributed by atoms with Crippen LogP contribution in [0.1, 0.15) is 23.7 Å². The van der Waals surface area contributed by atoms with Gasteiger partial charge in [0.2, 0.25) is 0 Å². The summed E-state index contributed by atoms with van der Waals surface area (Å²) in [6, 6.07) is 7.24. The minimum Gasteiger partial charge on any atom is -0.490 e. The van der Waals surface area contributed by atoms with E-state index < -0.39 is 0 Å². The fraction of sp³-hybridized carbons (Fsp3) is 0.500. The van der Waals surface area contributed by atoms with E-state index in [0.717, 1.165) is 0 Å². The third kappa shape index (κ3) is 4.47. The molecule has 0 saturated carbocycles. The molecule has 1 aromatic rings. The van der Waals surface area contributed by atoms with E-state index in [0.29, 0.717) is 30.9 Å². The van der Waals surface area contributed by atoms with Gasteiger partial charge in [0.15, 0.2) is 5.78 Å². The summed E-state index contributed by atoms with van der Waals surface area (Å²) in [5.74, 6) is 0.625. The molecule has 0 saturated heterocycles. The van der Waals surface area contributed by atoms with Gasteiger partial charge >= 0.3 is 0 Å². The average Bonchev–Trinajstić information content (AvgIpc) is 2.39. The van der Waals surface area contributed by atoms with Gasteiger partial charge in [0, 0.05) is 20.6 Å². The first-order chi connectivity index (χ1) is 8.69. The third-order valence-corrected chi connectivity index (χ3v) is 2.61. The molecule has 1 aromatic carbocycles. The zero-order valence-electron chi connectivity index (χ0n) is 11.1. The van der Waals surface area contributed by atoms with Gasteiger partial charge in [-0.25, -0.2) is 0 Å². The number of hydrogen-bond donors (Lipinski definition) is 0. The maximum absolute atomic E-state index is 12.1. The largest absolute Gasteiger partial charge is 0.490 e. The molecular weight excluding hydrogens is 232 g/mol. The molecule has 1 unspecified atom stereocenters. The highest BCUT2D eigenvalue weighted by atomic mass is 16.5. The average molecular weight is 252 g/mol. The van der Waals surface area contributed by atoms with Gasteiger partial charge in [0.1, 0.15) is 12.4 Å². The smallest absolute Gasteiger partial charge is 0.169 e. The van der Waals surface area contributed by atoms with Crippen LogP contribution in [0.4, 0.5) is 0 Å². The third-order valence-electron chi connectivity index (χ3n) is 2.61. The van der Waals surface area contributed by atoms with E-state index in [1.165, 1.54) is 0 Å². The molecule has 0 heterocycles. The van der Waals surface area contributed by atoms with Crippen molar-refractivity contribution in [3.63, 3.8) is 0 Å². The van der Waals surface area contributed by atoms with E-state index in [1.54, 1.807) is 26.4 Å². The van der Waals surface area contributed by atoms with Gasteiger partial charge in [0.25, 0.3) is 0 Å². The lowest BCUT2D eigenvalue weighted by molar-refractivity contribution is 0.0786. The molecule has 18 heavy (non-hydrogen) atoms. The lowest BCUT2D eigenvalue weighted by Crippen LogP contribution is -2.14. The molecule has 4 heteroatoms. The van der Waals surface area contributed by atoms with E-state index in [9.17, 15) is 4.79 Å². The number of ketones is 1. The standard InChI is InChI=1S/C14H20O4/c1-11(17-3)10-13(15)12-6-4-5-7-14(12)18-9-8-16-2/h4-7,11H,8-10H2,1-3H3. The molecule has 0 amide bonds. The number of para-hydroxylation sites is 1. The second-order valence-corrected chi connectivity index (χ2v) is 4.01. The molecule has 4 nitrogen and oxygen atoms in total. The number of benzene rings is 1. The van der Waals surface area contributed by atoms with Crippen LogP contribution in [0.2, 0.25) is 0 Å². The van der Waals surface area contributed by atoms with Crippen molar-refractivity contribution < 1.29 is 19.0 Å². The Balaban J connectivity index is 2.71. The summed E-state index contributed by atoms with van der Waals surface area (Å²) in [4.78, 5) is 12.1. The molecule has 0 aliphatic rings. The molecule has 1 rings (SSSR count). The van der Waals surface area contributed by atoms with Crippen molar-refractivity contribution in [1.82, 2.24) is 0 Å². The zero-order valence-corrected chi connectivity index (χ0v) is 11.1. The van der Waals surface area contributed by atoms with Crippen LogP contribution in [-0.2, 0) is 9.47 Å². The Labute approximate surface area is 108 Å². The van der Waals surface area contributed by atoms with Crippen LogP contribution < -0.4 is 4.74 Å². The highest BCUT2D eigenvalue weighted by Gasteiger charge is 2.15. The van der Waals surface area contributed by atoms with E-state index in [2.05, 4.69) is 0 Å². The number of ether oxygens (including phenoxy) is 3. The molecule has 0 spiro atoms. The molecule has 0 aromatic heterocycles. The van der Waals surface area contributed by atoms with Gasteiger partial charge in [0.05, 0.1) is 18.3 Å². The molecule has 0 bridgehead atoms. The molecule has 0 N–H and O–H groups in total. The number of Topliss-reactive ketones (excluding diaryl/α,β-unsaturated/α-hetero) is 1. The highest BCUT2D eigenvalue weighted by Crippen LogP contribution is 2.20. The van der Waals surface area contributed by atoms with Crippen molar-refractivity contribution in [3.8, 4) is 5.75 Å². The normalized spacial score (nSPS) is 12.2. The van der Waals surface area contributed by atoms with Gasteiger partial charge < -0.3 is 14.2 Å². The Morgan fingerprint density at radius 2 is 1.94 bits per heavy atom. The summed E-state index contributed by atoms with van der Waals surface area (Å²) in [5.41, 5.74) is 0.595. The van der Waals surface area contributed by atoms with Gasteiger partial charge in [-0.1, -0.05) is 12.1 Å². The monoisotopic (exact) mass is 252 g/mol. The van der Waals surface area contributed by atoms with Crippen molar-refractivity contribution >= 4 is 5.78 Å². The van der Waals surface area contributed by atoms with Crippen molar-refractivity contribution in [2.75, 3.05) is 27.4 Å². The minimum absolute atomic E-state index is 0.0253. The van der Waals surface area contributed by atoms with Crippen molar-refractivity contribution in [3.05, 3.63) is 29.8 Å². The second kappa shape index (κ2) is 7.84. The predicted octanol–water partition coefficient (Wildman–Crippen LogP) is 2.32. The minimum atomic E-state index is -0.0930. The molecule has 0 radical (unpaired) electrons. The summed E-state index contributed by atoms with van der Waals surface area (Å²) in [6.07, 6.45) is 0.255. The number of methoxy groups -OCH3 is 2. The zero-order chi connectivity index (χ0) is 13.4. The van der Waals surface area contributed by atoms with E-state index in [-0.39, 0.29) is 11.9 Å². The van der Waals surface area contributed by atoms with Gasteiger partial charge in [-0.2, -0.15) is 0 Å². The van der Waals surface area contributed by atoms with Crippen molar-refractivity contribution in [2.45, 2.75) is 19.4 Å². The first-order valence-corrected chi connectivity index (χ1v) is 5.95. The fourth-order valence-electron chi connectivity index (χ4n) is 1.51. The Bertz CT molecular complexity index is 376. The van der Waals surface area contributed by atoms with Gasteiger partial charge in [-0.3, -0.25) is 4.79 Å². The van der Waals surface area contributed by atoms with Crippen LogP contribution >= 0.6 is 0 Å². The molecule has 0 fully saturated rings. The molecule has 100 valence electrons. The second-order valence-electron chi connectivity index (χ2n) is 4.01. The lowest BCUT2D eigenvalue weighted by Gasteiger charge is -2.12. The van der Waals surface area contributed by atoms with Crippen molar-refractivity contribution in [2.24, 2.45) is 0 Å². The Morgan fingerprint density at radius 1 is 1.22 bits per heavy atom. The van der Waals surface area contributed by atoms with Crippen LogP contribution in [0.25, 0.3) is 0 Å². The van der Waals surface area contributed by atoms with Gasteiger partial charge in [-0.05, 0) is 19.1 Å². The molecule has 0 aliphatic carbocycles. The van der Waals surface area contributed by atoms with Gasteiger partial charge in [-0.15, -0.1) is 0 Å².